The fourth-order valence-corrected chi connectivity index (χ4v) is 1.68. The molecule has 0 amide bonds. The second-order valence-electron chi connectivity index (χ2n) is 3.67. The molecule has 15 heavy (non-hydrogen) atoms. The Hall–Kier alpha value is 0.130. The molecule has 0 aliphatic rings. The minimum Gasteiger partial charge on any atom is -0.183 e. The molecule has 0 bridgehead atoms. The van der Waals surface area contributed by atoms with Crippen LogP contribution in [-0.4, -0.2) is 6.61 Å². The summed E-state index contributed by atoms with van der Waals surface area (Å²) in [5, 5.41) is 0. The van der Waals surface area contributed by atoms with E-state index in [2.05, 4.69) is 11.2 Å². The maximum absolute atomic E-state index is 10.0. The molecule has 0 saturated carbocycles. The summed E-state index contributed by atoms with van der Waals surface area (Å²) in [5.74, 6) is 0. The Bertz CT molecular complexity index is 136. The quantitative estimate of drug-likeness (QED) is 0.505. The summed E-state index contributed by atoms with van der Waals surface area (Å²) in [6.07, 6.45) is 8.89. The molecule has 5 heteroatoms. The van der Waals surface area contributed by atoms with Crippen LogP contribution < -0.4 is 14.0 Å². The lowest BCUT2D eigenvalue weighted by Crippen LogP contribution is -2.61. The van der Waals surface area contributed by atoms with Gasteiger partial charge in [-0.15, -0.1) is 0 Å². The molecule has 0 heterocycles. The minimum absolute atomic E-state index is 0.0162. The number of hydrogen-bond donors (Lipinski definition) is 0. The molecule has 0 spiro atoms. The van der Waals surface area contributed by atoms with Crippen LogP contribution in [0.4, 0.5) is 0 Å². The van der Waals surface area contributed by atoms with E-state index < -0.39 is 10.2 Å². The highest BCUT2D eigenvalue weighted by molar-refractivity contribution is 4.44. The molecule has 0 unspecified atom stereocenters. The predicted octanol–water partition coefficient (Wildman–Crippen LogP) is 0.0410. The first-order valence-electron chi connectivity index (χ1n) is 5.61. The van der Waals surface area contributed by atoms with E-state index in [0.717, 1.165) is 12.8 Å². The first-order valence-corrected chi connectivity index (χ1v) is 6.85. The van der Waals surface area contributed by atoms with Crippen LogP contribution >= 0.6 is 0 Å². The van der Waals surface area contributed by atoms with E-state index in [1.807, 2.05) is 0 Å². The maximum atomic E-state index is 10.0. The van der Waals surface area contributed by atoms with Gasteiger partial charge in [0, 0.05) is 0 Å². The lowest BCUT2D eigenvalue weighted by Gasteiger charge is -2.12. The molecule has 0 aromatic carbocycles. The van der Waals surface area contributed by atoms with Gasteiger partial charge in [-0.2, -0.15) is 14.0 Å². The Labute approximate surface area is 94.0 Å². The van der Waals surface area contributed by atoms with Crippen LogP contribution in [0, 0.1) is 10.2 Å². The molecule has 0 aliphatic heterocycles. The van der Waals surface area contributed by atoms with Crippen molar-refractivity contribution in [3.63, 3.8) is 0 Å². The first kappa shape index (κ1) is 15.1. The van der Waals surface area contributed by atoms with E-state index in [0.29, 0.717) is 6.42 Å². The lowest BCUT2D eigenvalue weighted by molar-refractivity contribution is -1.92. The molecular weight excluding hydrogens is 220 g/mol. The topological polar surface area (TPSA) is 78.4 Å². The van der Waals surface area contributed by atoms with E-state index in [9.17, 15) is 14.0 Å². The molecule has 4 nitrogen and oxygen atoms in total. The molecule has 0 aromatic rings. The van der Waals surface area contributed by atoms with E-state index in [1.165, 1.54) is 32.1 Å². The zero-order chi connectivity index (χ0) is 11.6. The van der Waals surface area contributed by atoms with Gasteiger partial charge in [-0.3, -0.25) is 0 Å². The van der Waals surface area contributed by atoms with Gasteiger partial charge in [-0.25, -0.2) is 0 Å². The van der Waals surface area contributed by atoms with Crippen LogP contribution in [0.1, 0.15) is 58.3 Å². The second kappa shape index (κ2) is 9.36. The third-order valence-electron chi connectivity index (χ3n) is 2.21. The summed E-state index contributed by atoms with van der Waals surface area (Å²) >= 11 is 0. The van der Waals surface area contributed by atoms with Gasteiger partial charge in [-0.1, -0.05) is 51.9 Å². The van der Waals surface area contributed by atoms with Gasteiger partial charge in [0.05, 0.1) is 14.5 Å². The number of unbranched alkanes of at least 4 members (excludes halogenated alkanes) is 7. The van der Waals surface area contributed by atoms with Gasteiger partial charge < -0.3 is 0 Å². The third kappa shape index (κ3) is 14.1. The summed E-state index contributed by atoms with van der Waals surface area (Å²) in [5.41, 5.74) is 0. The molecule has 0 radical (unpaired) electrons. The van der Waals surface area contributed by atoms with Crippen molar-refractivity contribution >= 4 is 0 Å². The van der Waals surface area contributed by atoms with Crippen molar-refractivity contribution in [3.8, 4) is 0 Å². The Kier molecular flexibility index (Phi) is 9.44. The van der Waals surface area contributed by atoms with Crippen molar-refractivity contribution < 1.29 is 28.5 Å². The van der Waals surface area contributed by atoms with Crippen molar-refractivity contribution in [2.45, 2.75) is 58.3 Å². The van der Waals surface area contributed by atoms with Gasteiger partial charge in [0.15, 0.2) is 0 Å². The van der Waals surface area contributed by atoms with Crippen molar-refractivity contribution in [3.05, 3.63) is 0 Å². The fourth-order valence-electron chi connectivity index (χ4n) is 1.38. The van der Waals surface area contributed by atoms with Crippen molar-refractivity contribution in [2.24, 2.45) is 0 Å². The second-order valence-corrected chi connectivity index (χ2v) is 4.64. The van der Waals surface area contributed by atoms with Crippen LogP contribution in [0.15, 0.2) is 0 Å². The summed E-state index contributed by atoms with van der Waals surface area (Å²) in [7, 11) is -4.22. The van der Waals surface area contributed by atoms with Crippen LogP contribution in [0.2, 0.25) is 0 Å². The minimum atomic E-state index is -4.22. The summed E-state index contributed by atoms with van der Waals surface area (Å²) < 4.78 is 34.2. The SMILES string of the molecule is CCCCCCCCCCO[Cl+3]([O-])([O-])[O-]. The summed E-state index contributed by atoms with van der Waals surface area (Å²) in [6.45, 7) is 2.20. The van der Waals surface area contributed by atoms with Gasteiger partial charge in [0.25, 0.3) is 0 Å². The highest BCUT2D eigenvalue weighted by Gasteiger charge is 2.15. The molecule has 0 aliphatic carbocycles. The Morgan fingerprint density at radius 3 is 1.73 bits per heavy atom. The standard InChI is InChI=1S/C10H21ClO4/c1-2-3-4-5-6-7-8-9-10-15-11(12,13)14/h2-10H2,1H3. The molecule has 0 aromatic heterocycles. The highest BCUT2D eigenvalue weighted by Crippen LogP contribution is 2.08. The summed E-state index contributed by atoms with van der Waals surface area (Å²) in [4.78, 5) is 0. The number of halogens is 1. The van der Waals surface area contributed by atoms with E-state index in [-0.39, 0.29) is 6.61 Å². The van der Waals surface area contributed by atoms with Gasteiger partial charge in [0.2, 0.25) is 6.61 Å². The Morgan fingerprint density at radius 1 is 0.800 bits per heavy atom. The third-order valence-corrected chi connectivity index (χ3v) is 2.63. The van der Waals surface area contributed by atoms with Gasteiger partial charge in [-0.05, 0) is 6.42 Å². The first-order chi connectivity index (χ1) is 7.06. The zero-order valence-electron chi connectivity index (χ0n) is 9.37. The average Bonchev–Trinajstić information content (AvgIpc) is 2.14. The molecule has 92 valence electrons. The Morgan fingerprint density at radius 2 is 1.27 bits per heavy atom. The van der Waals surface area contributed by atoms with Gasteiger partial charge >= 0.3 is 0 Å². The molecular formula is C10H21ClO4. The average molecular weight is 241 g/mol. The van der Waals surface area contributed by atoms with Crippen LogP contribution in [-0.2, 0) is 4.29 Å². The molecule has 0 rings (SSSR count). The van der Waals surface area contributed by atoms with Crippen LogP contribution in [0.25, 0.3) is 0 Å². The largest absolute Gasteiger partial charge is 0.203 e. The zero-order valence-corrected chi connectivity index (χ0v) is 10.1. The van der Waals surface area contributed by atoms with Crippen LogP contribution in [0.5, 0.6) is 0 Å². The smallest absolute Gasteiger partial charge is 0.183 e. The molecule has 0 atom stereocenters. The molecule has 0 saturated heterocycles. The lowest BCUT2D eigenvalue weighted by atomic mass is 10.1. The monoisotopic (exact) mass is 240 g/mol. The van der Waals surface area contributed by atoms with Crippen molar-refractivity contribution in [1.29, 1.82) is 0 Å². The Balaban J connectivity index is 2.99. The van der Waals surface area contributed by atoms with E-state index in [1.54, 1.807) is 0 Å². The molecule has 0 N–H and O–H groups in total. The van der Waals surface area contributed by atoms with E-state index >= 15 is 0 Å². The normalized spacial score (nSPS) is 12.0. The van der Waals surface area contributed by atoms with Crippen molar-refractivity contribution in [2.75, 3.05) is 6.61 Å². The van der Waals surface area contributed by atoms with Crippen molar-refractivity contribution in [1.82, 2.24) is 0 Å². The maximum Gasteiger partial charge on any atom is 0.203 e. The van der Waals surface area contributed by atoms with Crippen LogP contribution in [0.3, 0.4) is 0 Å². The number of hydrogen-bond acceptors (Lipinski definition) is 4. The molecule has 0 fully saturated rings. The summed E-state index contributed by atoms with van der Waals surface area (Å²) in [6, 6.07) is 0. The van der Waals surface area contributed by atoms with Gasteiger partial charge in [0.1, 0.15) is 0 Å². The predicted molar refractivity (Wildman–Crippen MR) is 48.6 cm³/mol. The van der Waals surface area contributed by atoms with E-state index in [4.69, 9.17) is 0 Å². The fraction of sp³-hybridized carbons (Fsp3) is 1.00. The highest BCUT2D eigenvalue weighted by atomic mass is 35.7. The number of rotatable bonds is 10.